The van der Waals surface area contributed by atoms with E-state index in [9.17, 15) is 31.5 Å². The van der Waals surface area contributed by atoms with E-state index in [4.69, 9.17) is 4.74 Å². The van der Waals surface area contributed by atoms with Gasteiger partial charge in [0.1, 0.15) is 11.6 Å². The molecule has 1 aliphatic carbocycles. The van der Waals surface area contributed by atoms with Crippen LogP contribution in [0, 0.1) is 29.8 Å². The van der Waals surface area contributed by atoms with Gasteiger partial charge in [-0.25, -0.2) is 13.2 Å². The Labute approximate surface area is 190 Å². The standard InChI is InChI=1S/C23H20F6N2O3/c1-11-7-16-20(18(26)19(11)30-17(32)9-22(5-6-22)23(27,28)29)34-12(2)21(33)31(16)10-13-3-4-14(24)8-15(13)25/h3-4,7-8,12H,5-6,9-10H2,1-2H3,(H,30,32)/t12-/m0/s1. The highest BCUT2D eigenvalue weighted by Gasteiger charge is 2.63. The summed E-state index contributed by atoms with van der Waals surface area (Å²) in [7, 11) is 0. The summed E-state index contributed by atoms with van der Waals surface area (Å²) >= 11 is 0. The number of aryl methyl sites for hydroxylation is 1. The van der Waals surface area contributed by atoms with Crippen molar-refractivity contribution in [3.8, 4) is 5.75 Å². The van der Waals surface area contributed by atoms with Crippen molar-refractivity contribution in [2.45, 2.75) is 51.9 Å². The first-order chi connectivity index (χ1) is 15.8. The lowest BCUT2D eigenvalue weighted by atomic mass is 10.0. The second-order valence-corrected chi connectivity index (χ2v) is 8.65. The van der Waals surface area contributed by atoms with Gasteiger partial charge >= 0.3 is 6.18 Å². The van der Waals surface area contributed by atoms with Crippen LogP contribution in [0.5, 0.6) is 5.75 Å². The topological polar surface area (TPSA) is 58.6 Å². The van der Waals surface area contributed by atoms with Crippen molar-refractivity contribution in [3.05, 3.63) is 52.8 Å². The highest BCUT2D eigenvalue weighted by Crippen LogP contribution is 2.60. The molecule has 1 aliphatic heterocycles. The molecule has 0 aromatic heterocycles. The number of amides is 2. The average Bonchev–Trinajstić information content (AvgIpc) is 3.52. The molecule has 2 aromatic carbocycles. The number of nitrogens with one attached hydrogen (secondary N) is 1. The van der Waals surface area contributed by atoms with Crippen LogP contribution in [0.15, 0.2) is 24.3 Å². The fraction of sp³-hybridized carbons (Fsp3) is 0.391. The summed E-state index contributed by atoms with van der Waals surface area (Å²) in [5, 5.41) is 2.20. The van der Waals surface area contributed by atoms with Gasteiger partial charge in [0, 0.05) is 18.1 Å². The van der Waals surface area contributed by atoms with E-state index in [1.807, 2.05) is 0 Å². The van der Waals surface area contributed by atoms with Gasteiger partial charge in [0.25, 0.3) is 5.91 Å². The molecular formula is C23H20F6N2O3. The molecular weight excluding hydrogens is 466 g/mol. The number of ether oxygens (including phenoxy) is 1. The molecule has 0 bridgehead atoms. The Morgan fingerprint density at radius 2 is 1.88 bits per heavy atom. The molecule has 5 nitrogen and oxygen atoms in total. The molecule has 11 heteroatoms. The molecule has 1 atom stereocenters. The van der Waals surface area contributed by atoms with Crippen LogP contribution in [0.1, 0.15) is 37.3 Å². The maximum atomic E-state index is 15.4. The molecule has 1 heterocycles. The second-order valence-electron chi connectivity index (χ2n) is 8.65. The van der Waals surface area contributed by atoms with Gasteiger partial charge < -0.3 is 15.0 Å². The summed E-state index contributed by atoms with van der Waals surface area (Å²) in [6.45, 7) is 2.40. The molecule has 0 spiro atoms. The van der Waals surface area contributed by atoms with Gasteiger partial charge in [-0.3, -0.25) is 9.59 Å². The summed E-state index contributed by atoms with van der Waals surface area (Å²) in [6, 6.07) is 4.15. The number of anilines is 2. The van der Waals surface area contributed by atoms with Crippen LogP contribution in [0.2, 0.25) is 0 Å². The Morgan fingerprint density at radius 1 is 1.21 bits per heavy atom. The molecule has 2 amide bonds. The minimum atomic E-state index is -4.54. The Kier molecular flexibility index (Phi) is 5.77. The molecule has 0 saturated heterocycles. The van der Waals surface area contributed by atoms with Gasteiger partial charge in [-0.05, 0) is 44.4 Å². The van der Waals surface area contributed by atoms with E-state index < -0.39 is 59.1 Å². The maximum Gasteiger partial charge on any atom is 0.395 e. The first-order valence-electron chi connectivity index (χ1n) is 10.4. The third-order valence-electron chi connectivity index (χ3n) is 6.16. The van der Waals surface area contributed by atoms with Gasteiger partial charge in [-0.2, -0.15) is 13.2 Å². The van der Waals surface area contributed by atoms with Crippen LogP contribution in [0.25, 0.3) is 0 Å². The van der Waals surface area contributed by atoms with E-state index in [2.05, 4.69) is 5.32 Å². The Hall–Kier alpha value is -3.24. The summed E-state index contributed by atoms with van der Waals surface area (Å²) in [6.07, 6.45) is -6.89. The van der Waals surface area contributed by atoms with Crippen molar-refractivity contribution in [2.24, 2.45) is 5.41 Å². The fourth-order valence-corrected chi connectivity index (χ4v) is 3.96. The van der Waals surface area contributed by atoms with E-state index in [0.717, 1.165) is 17.0 Å². The lowest BCUT2D eigenvalue weighted by Gasteiger charge is -2.34. The number of hydrogen-bond acceptors (Lipinski definition) is 3. The molecule has 0 radical (unpaired) electrons. The first kappa shape index (κ1) is 23.9. The van der Waals surface area contributed by atoms with Gasteiger partial charge in [0.2, 0.25) is 5.91 Å². The summed E-state index contributed by atoms with van der Waals surface area (Å²) < 4.78 is 87.7. The number of hydrogen-bond donors (Lipinski definition) is 1. The molecule has 1 saturated carbocycles. The smallest absolute Gasteiger partial charge is 0.395 e. The van der Waals surface area contributed by atoms with E-state index in [-0.39, 0.29) is 41.9 Å². The second kappa shape index (κ2) is 8.21. The zero-order chi connectivity index (χ0) is 25.0. The van der Waals surface area contributed by atoms with Crippen molar-refractivity contribution in [1.29, 1.82) is 0 Å². The third kappa shape index (κ3) is 4.19. The van der Waals surface area contributed by atoms with E-state index in [1.165, 1.54) is 19.9 Å². The molecule has 2 aromatic rings. The maximum absolute atomic E-state index is 15.4. The summed E-state index contributed by atoms with van der Waals surface area (Å²) in [5.74, 6) is -4.77. The van der Waals surface area contributed by atoms with Gasteiger partial charge in [0.15, 0.2) is 17.7 Å². The normalized spacial score (nSPS) is 18.9. The number of fused-ring (bicyclic) bond motifs is 1. The van der Waals surface area contributed by atoms with E-state index >= 15 is 4.39 Å². The number of carbonyl (C=O) groups excluding carboxylic acids is 2. The third-order valence-corrected chi connectivity index (χ3v) is 6.16. The van der Waals surface area contributed by atoms with Crippen LogP contribution in [0.3, 0.4) is 0 Å². The predicted octanol–water partition coefficient (Wildman–Crippen LogP) is 5.40. The number of carbonyl (C=O) groups is 2. The van der Waals surface area contributed by atoms with Gasteiger partial charge in [-0.1, -0.05) is 6.07 Å². The molecule has 1 N–H and O–H groups in total. The van der Waals surface area contributed by atoms with Crippen LogP contribution in [-0.2, 0) is 16.1 Å². The zero-order valence-electron chi connectivity index (χ0n) is 18.2. The summed E-state index contributed by atoms with van der Waals surface area (Å²) in [4.78, 5) is 26.1. The predicted molar refractivity (Wildman–Crippen MR) is 110 cm³/mol. The van der Waals surface area contributed by atoms with E-state index in [0.29, 0.717) is 6.07 Å². The van der Waals surface area contributed by atoms with Crippen LogP contribution < -0.4 is 15.0 Å². The van der Waals surface area contributed by atoms with Crippen molar-refractivity contribution in [3.63, 3.8) is 0 Å². The fourth-order valence-electron chi connectivity index (χ4n) is 3.96. The summed E-state index contributed by atoms with van der Waals surface area (Å²) in [5.41, 5.74) is -2.41. The highest BCUT2D eigenvalue weighted by molar-refractivity contribution is 6.01. The van der Waals surface area contributed by atoms with Crippen LogP contribution in [0.4, 0.5) is 37.7 Å². The largest absolute Gasteiger partial charge is 0.476 e. The Bertz CT molecular complexity index is 1180. The molecule has 2 aliphatic rings. The number of alkyl halides is 3. The SMILES string of the molecule is Cc1cc2c(c(F)c1NC(=O)CC1(C(F)(F)F)CC1)O[C@@H](C)C(=O)N2Cc1ccc(F)cc1F. The lowest BCUT2D eigenvalue weighted by Crippen LogP contribution is -2.44. The highest BCUT2D eigenvalue weighted by atomic mass is 19.4. The molecule has 0 unspecified atom stereocenters. The Morgan fingerprint density at radius 3 is 2.47 bits per heavy atom. The molecule has 182 valence electrons. The zero-order valence-corrected chi connectivity index (χ0v) is 18.2. The van der Waals surface area contributed by atoms with Crippen molar-refractivity contribution in [2.75, 3.05) is 10.2 Å². The van der Waals surface area contributed by atoms with Crippen molar-refractivity contribution >= 4 is 23.2 Å². The molecule has 1 fully saturated rings. The Balaban J connectivity index is 1.65. The number of nitrogens with zero attached hydrogens (tertiary/aromatic N) is 1. The molecule has 4 rings (SSSR count). The van der Waals surface area contributed by atoms with Gasteiger partial charge in [-0.15, -0.1) is 0 Å². The molecule has 34 heavy (non-hydrogen) atoms. The minimum absolute atomic E-state index is 0.0212. The number of benzene rings is 2. The number of halogens is 6. The van der Waals surface area contributed by atoms with Crippen molar-refractivity contribution < 1.29 is 40.7 Å². The van der Waals surface area contributed by atoms with Gasteiger partial charge in [0.05, 0.1) is 23.3 Å². The lowest BCUT2D eigenvalue weighted by molar-refractivity contribution is -0.189. The quantitative estimate of drug-likeness (QED) is 0.576. The van der Waals surface area contributed by atoms with Crippen LogP contribution in [-0.4, -0.2) is 24.1 Å². The minimum Gasteiger partial charge on any atom is -0.476 e. The first-order valence-corrected chi connectivity index (χ1v) is 10.4. The van der Waals surface area contributed by atoms with Crippen molar-refractivity contribution in [1.82, 2.24) is 0 Å². The number of rotatable bonds is 5. The van der Waals surface area contributed by atoms with Crippen LogP contribution >= 0.6 is 0 Å². The monoisotopic (exact) mass is 486 g/mol. The average molecular weight is 486 g/mol. The van der Waals surface area contributed by atoms with E-state index in [1.54, 1.807) is 0 Å².